The first-order valence-corrected chi connectivity index (χ1v) is 5.85. The van der Waals surface area contributed by atoms with Gasteiger partial charge in [0.05, 0.1) is 17.3 Å². The third-order valence-electron chi connectivity index (χ3n) is 3.00. The van der Waals surface area contributed by atoms with Gasteiger partial charge in [-0.2, -0.15) is 13.2 Å². The Labute approximate surface area is 112 Å². The highest BCUT2D eigenvalue weighted by atomic mass is 19.4. The second kappa shape index (κ2) is 4.26. The molecule has 0 amide bonds. The van der Waals surface area contributed by atoms with Crippen molar-refractivity contribution in [2.45, 2.75) is 6.18 Å². The third kappa shape index (κ3) is 2.09. The molecule has 20 heavy (non-hydrogen) atoms. The van der Waals surface area contributed by atoms with Gasteiger partial charge < -0.3 is 5.73 Å². The number of fused-ring (bicyclic) bond motifs is 1. The Balaban J connectivity index is 2.16. The molecule has 0 saturated carbocycles. The summed E-state index contributed by atoms with van der Waals surface area (Å²) < 4.78 is 39.9. The Morgan fingerprint density at radius 1 is 1.10 bits per heavy atom. The molecule has 3 aromatic rings. The maximum Gasteiger partial charge on any atom is 0.416 e. The van der Waals surface area contributed by atoms with Crippen LogP contribution < -0.4 is 5.73 Å². The average molecular weight is 277 g/mol. The predicted molar refractivity (Wildman–Crippen MR) is 70.0 cm³/mol. The van der Waals surface area contributed by atoms with Crippen LogP contribution >= 0.6 is 0 Å². The number of halogens is 3. The van der Waals surface area contributed by atoms with E-state index < -0.39 is 11.7 Å². The van der Waals surface area contributed by atoms with E-state index in [9.17, 15) is 13.2 Å². The summed E-state index contributed by atoms with van der Waals surface area (Å²) in [6, 6.07) is 8.48. The number of hydrogen-bond donors (Lipinski definition) is 1. The summed E-state index contributed by atoms with van der Waals surface area (Å²) in [5.41, 5.74) is 6.69. The molecule has 0 radical (unpaired) electrons. The van der Waals surface area contributed by atoms with E-state index >= 15 is 0 Å². The van der Waals surface area contributed by atoms with Crippen molar-refractivity contribution < 1.29 is 13.2 Å². The minimum atomic E-state index is -4.37. The van der Waals surface area contributed by atoms with Crippen LogP contribution in [0.25, 0.3) is 16.9 Å². The van der Waals surface area contributed by atoms with Crippen LogP contribution in [0, 0.1) is 0 Å². The van der Waals surface area contributed by atoms with E-state index in [1.54, 1.807) is 35.0 Å². The van der Waals surface area contributed by atoms with Gasteiger partial charge in [-0.1, -0.05) is 12.1 Å². The minimum Gasteiger partial charge on any atom is -0.399 e. The summed E-state index contributed by atoms with van der Waals surface area (Å²) in [5, 5.41) is 0. The van der Waals surface area contributed by atoms with E-state index in [0.717, 1.165) is 17.6 Å². The minimum absolute atomic E-state index is 0.407. The van der Waals surface area contributed by atoms with Gasteiger partial charge >= 0.3 is 6.18 Å². The highest BCUT2D eigenvalue weighted by molar-refractivity contribution is 5.65. The molecule has 2 aromatic heterocycles. The SMILES string of the molecule is Nc1ccn2c(-c3cccc(C(F)(F)F)c3)ncc2c1. The number of imidazole rings is 1. The van der Waals surface area contributed by atoms with Crippen LogP contribution in [0.4, 0.5) is 18.9 Å². The zero-order valence-electron chi connectivity index (χ0n) is 10.2. The van der Waals surface area contributed by atoms with Crippen LogP contribution in [-0.4, -0.2) is 9.38 Å². The zero-order chi connectivity index (χ0) is 14.3. The number of nitrogens with zero attached hydrogens (tertiary/aromatic N) is 2. The molecule has 0 bridgehead atoms. The molecular weight excluding hydrogens is 267 g/mol. The number of alkyl halides is 3. The number of aromatic nitrogens is 2. The van der Waals surface area contributed by atoms with E-state index in [-0.39, 0.29) is 0 Å². The lowest BCUT2D eigenvalue weighted by Crippen LogP contribution is -2.04. The van der Waals surface area contributed by atoms with Gasteiger partial charge in [0.15, 0.2) is 0 Å². The highest BCUT2D eigenvalue weighted by Gasteiger charge is 2.30. The van der Waals surface area contributed by atoms with E-state index in [1.807, 2.05) is 0 Å². The van der Waals surface area contributed by atoms with Gasteiger partial charge in [-0.15, -0.1) is 0 Å². The Bertz CT molecular complexity index is 775. The smallest absolute Gasteiger partial charge is 0.399 e. The van der Waals surface area contributed by atoms with Crippen molar-refractivity contribution in [3.8, 4) is 11.4 Å². The first-order valence-electron chi connectivity index (χ1n) is 5.85. The Morgan fingerprint density at radius 3 is 2.65 bits per heavy atom. The number of anilines is 1. The van der Waals surface area contributed by atoms with Crippen molar-refractivity contribution in [3.63, 3.8) is 0 Å². The molecule has 0 aliphatic rings. The van der Waals surface area contributed by atoms with Crippen LogP contribution in [0.3, 0.4) is 0 Å². The molecule has 0 aliphatic carbocycles. The normalized spacial score (nSPS) is 11.9. The highest BCUT2D eigenvalue weighted by Crippen LogP contribution is 2.32. The van der Waals surface area contributed by atoms with Crippen molar-refractivity contribution in [1.82, 2.24) is 9.38 Å². The van der Waals surface area contributed by atoms with E-state index in [0.29, 0.717) is 17.1 Å². The predicted octanol–water partition coefficient (Wildman–Crippen LogP) is 3.60. The lowest BCUT2D eigenvalue weighted by molar-refractivity contribution is -0.137. The fourth-order valence-electron chi connectivity index (χ4n) is 2.07. The van der Waals surface area contributed by atoms with Crippen molar-refractivity contribution in [2.75, 3.05) is 5.73 Å². The first kappa shape index (κ1) is 12.5. The van der Waals surface area contributed by atoms with Gasteiger partial charge in [-0.05, 0) is 24.3 Å². The fraction of sp³-hybridized carbons (Fsp3) is 0.0714. The number of pyridine rings is 1. The van der Waals surface area contributed by atoms with Crippen LogP contribution in [-0.2, 0) is 6.18 Å². The Hall–Kier alpha value is -2.50. The molecule has 3 rings (SSSR count). The maximum absolute atomic E-state index is 12.7. The van der Waals surface area contributed by atoms with Crippen molar-refractivity contribution in [3.05, 3.63) is 54.4 Å². The Morgan fingerprint density at radius 2 is 1.90 bits per heavy atom. The summed E-state index contributed by atoms with van der Waals surface area (Å²) in [4.78, 5) is 4.17. The van der Waals surface area contributed by atoms with Crippen molar-refractivity contribution >= 4 is 11.2 Å². The summed E-state index contributed by atoms with van der Waals surface area (Å²) in [6.07, 6.45) is -1.10. The molecule has 0 unspecified atom stereocenters. The van der Waals surface area contributed by atoms with Crippen molar-refractivity contribution in [1.29, 1.82) is 0 Å². The van der Waals surface area contributed by atoms with Gasteiger partial charge in [0, 0.05) is 17.4 Å². The quantitative estimate of drug-likeness (QED) is 0.738. The molecule has 2 N–H and O–H groups in total. The fourth-order valence-corrected chi connectivity index (χ4v) is 2.07. The molecule has 6 heteroatoms. The second-order valence-corrected chi connectivity index (χ2v) is 4.42. The van der Waals surface area contributed by atoms with E-state index in [4.69, 9.17) is 5.73 Å². The first-order chi connectivity index (χ1) is 9.45. The third-order valence-corrected chi connectivity index (χ3v) is 3.00. The number of nitrogen functional groups attached to an aromatic ring is 1. The lowest BCUT2D eigenvalue weighted by Gasteiger charge is -2.08. The van der Waals surface area contributed by atoms with Gasteiger partial charge in [0.25, 0.3) is 0 Å². The van der Waals surface area contributed by atoms with Crippen LogP contribution in [0.2, 0.25) is 0 Å². The topological polar surface area (TPSA) is 43.3 Å². The van der Waals surface area contributed by atoms with Crippen LogP contribution in [0.15, 0.2) is 48.8 Å². The largest absolute Gasteiger partial charge is 0.416 e. The zero-order valence-corrected chi connectivity index (χ0v) is 10.2. The number of benzene rings is 1. The average Bonchev–Trinajstić information content (AvgIpc) is 2.80. The van der Waals surface area contributed by atoms with Gasteiger partial charge in [-0.3, -0.25) is 4.40 Å². The molecule has 0 fully saturated rings. The van der Waals surface area contributed by atoms with Gasteiger partial charge in [0.2, 0.25) is 0 Å². The summed E-state index contributed by atoms with van der Waals surface area (Å²) in [7, 11) is 0. The van der Waals surface area contributed by atoms with Gasteiger partial charge in [-0.25, -0.2) is 4.98 Å². The number of nitrogens with two attached hydrogens (primary N) is 1. The molecule has 0 aliphatic heterocycles. The molecule has 2 heterocycles. The second-order valence-electron chi connectivity index (χ2n) is 4.42. The van der Waals surface area contributed by atoms with E-state index in [1.165, 1.54) is 6.07 Å². The molecule has 0 spiro atoms. The lowest BCUT2D eigenvalue weighted by atomic mass is 10.1. The monoisotopic (exact) mass is 277 g/mol. The maximum atomic E-state index is 12.7. The standard InChI is InChI=1S/C14H10F3N3/c15-14(16,17)10-3-1-2-9(6-10)13-19-8-12-7-11(18)4-5-20(12)13/h1-8H,18H2. The summed E-state index contributed by atoms with van der Waals surface area (Å²) in [6.45, 7) is 0. The molecule has 102 valence electrons. The molecule has 0 saturated heterocycles. The summed E-state index contributed by atoms with van der Waals surface area (Å²) in [5.74, 6) is 0.450. The van der Waals surface area contributed by atoms with Crippen molar-refractivity contribution in [2.24, 2.45) is 0 Å². The van der Waals surface area contributed by atoms with Crippen LogP contribution in [0.1, 0.15) is 5.56 Å². The molecule has 1 aromatic carbocycles. The molecular formula is C14H10F3N3. The van der Waals surface area contributed by atoms with E-state index in [2.05, 4.69) is 4.98 Å². The number of hydrogen-bond acceptors (Lipinski definition) is 2. The number of rotatable bonds is 1. The Kier molecular flexibility index (Phi) is 2.67. The van der Waals surface area contributed by atoms with Gasteiger partial charge in [0.1, 0.15) is 5.82 Å². The molecule has 0 atom stereocenters. The van der Waals surface area contributed by atoms with Crippen LogP contribution in [0.5, 0.6) is 0 Å². The molecule has 3 nitrogen and oxygen atoms in total. The summed E-state index contributed by atoms with van der Waals surface area (Å²) >= 11 is 0.